The normalized spacial score (nSPS) is 19.1. The number of rotatable bonds is 8. The minimum atomic E-state index is -0.571. The zero-order valence-electron chi connectivity index (χ0n) is 11.0. The van der Waals surface area contributed by atoms with E-state index in [9.17, 15) is 4.79 Å². The summed E-state index contributed by atoms with van der Waals surface area (Å²) < 4.78 is 9.74. The summed E-state index contributed by atoms with van der Waals surface area (Å²) in [5.41, 5.74) is 5.80. The molecular formula is C12H24N2O3. The Hall–Kier alpha value is -0.650. The molecule has 17 heavy (non-hydrogen) atoms. The van der Waals surface area contributed by atoms with Gasteiger partial charge in [0.2, 0.25) is 0 Å². The Morgan fingerprint density at radius 2 is 2.12 bits per heavy atom. The largest absolute Gasteiger partial charge is 0.468 e. The Morgan fingerprint density at radius 1 is 1.47 bits per heavy atom. The van der Waals surface area contributed by atoms with Gasteiger partial charge < -0.3 is 15.2 Å². The maximum atomic E-state index is 11.3. The van der Waals surface area contributed by atoms with Gasteiger partial charge in [0.25, 0.3) is 0 Å². The molecule has 2 atom stereocenters. The van der Waals surface area contributed by atoms with Gasteiger partial charge in [0, 0.05) is 26.2 Å². The van der Waals surface area contributed by atoms with Crippen molar-refractivity contribution in [1.82, 2.24) is 4.90 Å². The van der Waals surface area contributed by atoms with E-state index in [1.807, 2.05) is 0 Å². The molecule has 1 aliphatic rings. The summed E-state index contributed by atoms with van der Waals surface area (Å²) in [5.74, 6) is 0.395. The van der Waals surface area contributed by atoms with Crippen LogP contribution in [0.2, 0.25) is 0 Å². The molecule has 1 aliphatic carbocycles. The van der Waals surface area contributed by atoms with Gasteiger partial charge in [0.15, 0.2) is 0 Å². The molecule has 0 amide bonds. The molecule has 0 bridgehead atoms. The van der Waals surface area contributed by atoms with Crippen LogP contribution in [0.5, 0.6) is 0 Å². The zero-order valence-corrected chi connectivity index (χ0v) is 11.0. The van der Waals surface area contributed by atoms with E-state index in [-0.39, 0.29) is 5.97 Å². The van der Waals surface area contributed by atoms with E-state index in [1.54, 1.807) is 7.11 Å². The van der Waals surface area contributed by atoms with Crippen LogP contribution in [0.1, 0.15) is 19.8 Å². The Morgan fingerprint density at radius 3 is 2.59 bits per heavy atom. The Labute approximate surface area is 103 Å². The van der Waals surface area contributed by atoms with Crippen molar-refractivity contribution in [2.75, 3.05) is 33.9 Å². The molecule has 0 aromatic rings. The first-order chi connectivity index (χ1) is 8.10. The Bertz CT molecular complexity index is 244. The van der Waals surface area contributed by atoms with E-state index >= 15 is 0 Å². The van der Waals surface area contributed by atoms with Crippen LogP contribution in [0.15, 0.2) is 0 Å². The van der Waals surface area contributed by atoms with Gasteiger partial charge in [-0.3, -0.25) is 9.69 Å². The van der Waals surface area contributed by atoms with E-state index in [1.165, 1.54) is 20.0 Å². The Balaban J connectivity index is 2.46. The zero-order chi connectivity index (χ0) is 12.8. The maximum Gasteiger partial charge on any atom is 0.323 e. The van der Waals surface area contributed by atoms with Crippen LogP contribution in [0.4, 0.5) is 0 Å². The molecule has 5 heteroatoms. The molecule has 2 unspecified atom stereocenters. The number of esters is 1. The molecule has 1 fully saturated rings. The van der Waals surface area contributed by atoms with Crippen LogP contribution in [-0.2, 0) is 14.3 Å². The highest BCUT2D eigenvalue weighted by atomic mass is 16.5. The van der Waals surface area contributed by atoms with Crippen molar-refractivity contribution in [3.05, 3.63) is 0 Å². The second kappa shape index (κ2) is 6.93. The second-order valence-corrected chi connectivity index (χ2v) is 4.70. The number of carbonyl (C=O) groups is 1. The van der Waals surface area contributed by atoms with Crippen molar-refractivity contribution >= 4 is 5.97 Å². The fourth-order valence-electron chi connectivity index (χ4n) is 2.03. The minimum Gasteiger partial charge on any atom is -0.468 e. The number of methoxy groups -OCH3 is 2. The third-order valence-electron chi connectivity index (χ3n) is 3.40. The lowest BCUT2D eigenvalue weighted by atomic mass is 10.1. The van der Waals surface area contributed by atoms with E-state index < -0.39 is 6.04 Å². The smallest absolute Gasteiger partial charge is 0.323 e. The number of ether oxygens (including phenoxy) is 2. The molecule has 0 heterocycles. The standard InChI is InChI=1S/C12H24N2O3/c1-9(10-4-5-10)14(6-7-16-2)8-11(13)12(15)17-3/h9-11H,4-8,13H2,1-3H3. The molecule has 100 valence electrons. The molecule has 2 N–H and O–H groups in total. The third kappa shape index (κ3) is 4.61. The van der Waals surface area contributed by atoms with Crippen molar-refractivity contribution < 1.29 is 14.3 Å². The van der Waals surface area contributed by atoms with E-state index in [2.05, 4.69) is 16.6 Å². The van der Waals surface area contributed by atoms with Gasteiger partial charge in [-0.15, -0.1) is 0 Å². The molecule has 1 rings (SSSR count). The van der Waals surface area contributed by atoms with Gasteiger partial charge in [-0.2, -0.15) is 0 Å². The van der Waals surface area contributed by atoms with E-state index in [0.717, 1.165) is 12.5 Å². The van der Waals surface area contributed by atoms with Crippen molar-refractivity contribution in [3.8, 4) is 0 Å². The first kappa shape index (κ1) is 14.4. The van der Waals surface area contributed by atoms with E-state index in [4.69, 9.17) is 10.5 Å². The summed E-state index contributed by atoms with van der Waals surface area (Å²) in [6, 6.07) is -0.112. The molecule has 5 nitrogen and oxygen atoms in total. The molecular weight excluding hydrogens is 220 g/mol. The lowest BCUT2D eigenvalue weighted by Crippen LogP contribution is -2.48. The van der Waals surface area contributed by atoms with Crippen LogP contribution < -0.4 is 5.73 Å². The predicted octanol–water partition coefficient (Wildman–Crippen LogP) is 0.234. The molecule has 0 radical (unpaired) electrons. The fraction of sp³-hybridized carbons (Fsp3) is 0.917. The van der Waals surface area contributed by atoms with Crippen LogP contribution in [0, 0.1) is 5.92 Å². The topological polar surface area (TPSA) is 64.8 Å². The van der Waals surface area contributed by atoms with Gasteiger partial charge >= 0.3 is 5.97 Å². The summed E-state index contributed by atoms with van der Waals surface area (Å²) in [7, 11) is 3.05. The first-order valence-corrected chi connectivity index (χ1v) is 6.16. The van der Waals surface area contributed by atoms with Gasteiger partial charge in [-0.05, 0) is 25.7 Å². The van der Waals surface area contributed by atoms with Gasteiger partial charge in [0.1, 0.15) is 6.04 Å². The number of hydrogen-bond donors (Lipinski definition) is 1. The van der Waals surface area contributed by atoms with Crippen molar-refractivity contribution in [3.63, 3.8) is 0 Å². The van der Waals surface area contributed by atoms with Crippen molar-refractivity contribution in [1.29, 1.82) is 0 Å². The number of hydrogen-bond acceptors (Lipinski definition) is 5. The number of carbonyl (C=O) groups excluding carboxylic acids is 1. The third-order valence-corrected chi connectivity index (χ3v) is 3.40. The van der Waals surface area contributed by atoms with Crippen molar-refractivity contribution in [2.45, 2.75) is 31.8 Å². The first-order valence-electron chi connectivity index (χ1n) is 6.16. The number of nitrogens with zero attached hydrogens (tertiary/aromatic N) is 1. The summed E-state index contributed by atoms with van der Waals surface area (Å²) >= 11 is 0. The number of nitrogens with two attached hydrogens (primary N) is 1. The quantitative estimate of drug-likeness (QED) is 0.619. The van der Waals surface area contributed by atoms with Crippen LogP contribution in [-0.4, -0.2) is 56.9 Å². The summed E-state index contributed by atoms with van der Waals surface area (Å²) in [6.45, 7) is 4.19. The second-order valence-electron chi connectivity index (χ2n) is 4.70. The lowest BCUT2D eigenvalue weighted by molar-refractivity contribution is -0.142. The fourth-order valence-corrected chi connectivity index (χ4v) is 2.03. The highest BCUT2D eigenvalue weighted by Gasteiger charge is 2.33. The molecule has 0 aromatic carbocycles. The SMILES string of the molecule is COCCN(CC(N)C(=O)OC)C(C)C1CC1. The van der Waals surface area contributed by atoms with Crippen LogP contribution >= 0.6 is 0 Å². The highest BCUT2D eigenvalue weighted by Crippen LogP contribution is 2.35. The predicted molar refractivity (Wildman–Crippen MR) is 65.6 cm³/mol. The van der Waals surface area contributed by atoms with Gasteiger partial charge in [-0.25, -0.2) is 0 Å². The maximum absolute atomic E-state index is 11.3. The molecule has 0 saturated heterocycles. The monoisotopic (exact) mass is 244 g/mol. The summed E-state index contributed by atoms with van der Waals surface area (Å²) in [4.78, 5) is 13.5. The van der Waals surface area contributed by atoms with Gasteiger partial charge in [-0.1, -0.05) is 0 Å². The summed E-state index contributed by atoms with van der Waals surface area (Å²) in [6.07, 6.45) is 2.55. The van der Waals surface area contributed by atoms with Crippen molar-refractivity contribution in [2.24, 2.45) is 11.7 Å². The molecule has 0 aromatic heterocycles. The van der Waals surface area contributed by atoms with Crippen LogP contribution in [0.3, 0.4) is 0 Å². The molecule has 0 aliphatic heterocycles. The summed E-state index contributed by atoms with van der Waals surface area (Å²) in [5, 5.41) is 0. The average molecular weight is 244 g/mol. The lowest BCUT2D eigenvalue weighted by Gasteiger charge is -2.30. The minimum absolute atomic E-state index is 0.351. The van der Waals surface area contributed by atoms with Gasteiger partial charge in [0.05, 0.1) is 13.7 Å². The molecule has 1 saturated carbocycles. The average Bonchev–Trinajstić information content (AvgIpc) is 3.16. The highest BCUT2D eigenvalue weighted by molar-refractivity contribution is 5.75. The molecule has 0 spiro atoms. The van der Waals surface area contributed by atoms with E-state index in [0.29, 0.717) is 19.2 Å². The van der Waals surface area contributed by atoms with Crippen LogP contribution in [0.25, 0.3) is 0 Å². The Kier molecular flexibility index (Phi) is 5.88.